The molecule has 0 atom stereocenters. The van der Waals surface area contributed by atoms with Crippen LogP contribution in [0.15, 0.2) is 53.4 Å². The highest BCUT2D eigenvalue weighted by Gasteiger charge is 2.10. The molecule has 0 saturated heterocycles. The zero-order valence-corrected chi connectivity index (χ0v) is 11.0. The first-order chi connectivity index (χ1) is 9.20. The summed E-state index contributed by atoms with van der Waals surface area (Å²) in [6, 6.07) is 13.7. The van der Waals surface area contributed by atoms with Gasteiger partial charge in [0.05, 0.1) is 7.11 Å². The highest BCUT2D eigenvalue weighted by Crippen LogP contribution is 2.27. The van der Waals surface area contributed by atoms with Gasteiger partial charge in [-0.15, -0.1) is 0 Å². The molecule has 0 fully saturated rings. The molecular weight excluding hydrogens is 264 g/mol. The van der Waals surface area contributed by atoms with Crippen LogP contribution < -0.4 is 4.74 Å². The molecule has 0 aliphatic carbocycles. The molecule has 0 aliphatic rings. The first-order valence-corrected chi connectivity index (χ1v) is 6.26. The van der Waals surface area contributed by atoms with Crippen molar-refractivity contribution >= 4 is 18.0 Å². The Kier molecular flexibility index (Phi) is 4.43. The summed E-state index contributed by atoms with van der Waals surface area (Å²) >= 11 is 1.25. The molecule has 98 valence electrons. The maximum absolute atomic E-state index is 11.1. The molecule has 0 spiro atoms. The Balaban J connectivity index is 2.19. The molecule has 19 heavy (non-hydrogen) atoms. The smallest absolute Gasteiger partial charge is 0.339 e. The predicted molar refractivity (Wildman–Crippen MR) is 72.8 cm³/mol. The van der Waals surface area contributed by atoms with E-state index in [1.54, 1.807) is 37.4 Å². The minimum atomic E-state index is -1.01. The Bertz CT molecular complexity index is 566. The Hall–Kier alpha value is -1.98. The third kappa shape index (κ3) is 3.49. The zero-order chi connectivity index (χ0) is 13.7. The SMILES string of the molecule is COSc1ccc(Oc2ccccc2C(=O)O)cc1. The van der Waals surface area contributed by atoms with E-state index in [1.165, 1.54) is 18.1 Å². The number of carboxylic acids is 1. The van der Waals surface area contributed by atoms with Gasteiger partial charge in [-0.2, -0.15) is 0 Å². The van der Waals surface area contributed by atoms with E-state index >= 15 is 0 Å². The summed E-state index contributed by atoms with van der Waals surface area (Å²) < 4.78 is 10.5. The Morgan fingerprint density at radius 2 is 1.79 bits per heavy atom. The minimum absolute atomic E-state index is 0.137. The highest BCUT2D eigenvalue weighted by molar-refractivity contribution is 7.94. The van der Waals surface area contributed by atoms with Crippen molar-refractivity contribution in [2.45, 2.75) is 4.90 Å². The van der Waals surface area contributed by atoms with Gasteiger partial charge in [-0.05, 0) is 36.4 Å². The second kappa shape index (κ2) is 6.26. The molecule has 0 amide bonds. The minimum Gasteiger partial charge on any atom is -0.478 e. The van der Waals surface area contributed by atoms with E-state index in [4.69, 9.17) is 14.0 Å². The lowest BCUT2D eigenvalue weighted by Gasteiger charge is -2.08. The van der Waals surface area contributed by atoms with Crippen molar-refractivity contribution < 1.29 is 18.8 Å². The van der Waals surface area contributed by atoms with E-state index < -0.39 is 5.97 Å². The van der Waals surface area contributed by atoms with Crippen molar-refractivity contribution in [3.8, 4) is 11.5 Å². The van der Waals surface area contributed by atoms with Crippen LogP contribution >= 0.6 is 12.0 Å². The topological polar surface area (TPSA) is 55.8 Å². The summed E-state index contributed by atoms with van der Waals surface area (Å²) in [6.07, 6.45) is 0. The van der Waals surface area contributed by atoms with Crippen LogP contribution in [0.2, 0.25) is 0 Å². The second-order valence-electron chi connectivity index (χ2n) is 3.62. The highest BCUT2D eigenvalue weighted by atomic mass is 32.2. The molecule has 0 bridgehead atoms. The average molecular weight is 276 g/mol. The average Bonchev–Trinajstić information content (AvgIpc) is 2.42. The van der Waals surface area contributed by atoms with Gasteiger partial charge in [0.15, 0.2) is 0 Å². The molecule has 2 aromatic carbocycles. The van der Waals surface area contributed by atoms with Crippen LogP contribution in [-0.2, 0) is 4.18 Å². The summed E-state index contributed by atoms with van der Waals surface area (Å²) in [7, 11) is 1.60. The molecule has 0 aliphatic heterocycles. The Morgan fingerprint density at radius 1 is 1.11 bits per heavy atom. The summed E-state index contributed by atoms with van der Waals surface area (Å²) in [5, 5.41) is 9.06. The molecule has 1 N–H and O–H groups in total. The monoisotopic (exact) mass is 276 g/mol. The predicted octanol–water partition coefficient (Wildman–Crippen LogP) is 3.83. The van der Waals surface area contributed by atoms with Crippen molar-refractivity contribution in [3.63, 3.8) is 0 Å². The van der Waals surface area contributed by atoms with Crippen molar-refractivity contribution in [2.24, 2.45) is 0 Å². The Labute approximate surface area is 115 Å². The normalized spacial score (nSPS) is 10.2. The molecule has 4 nitrogen and oxygen atoms in total. The van der Waals surface area contributed by atoms with E-state index in [-0.39, 0.29) is 5.56 Å². The van der Waals surface area contributed by atoms with E-state index in [0.29, 0.717) is 11.5 Å². The van der Waals surface area contributed by atoms with Crippen molar-refractivity contribution in [3.05, 3.63) is 54.1 Å². The molecule has 5 heteroatoms. The van der Waals surface area contributed by atoms with Crippen LogP contribution in [0.1, 0.15) is 10.4 Å². The maximum atomic E-state index is 11.1. The van der Waals surface area contributed by atoms with Gasteiger partial charge in [0.25, 0.3) is 0 Å². The third-order valence-corrected chi connectivity index (χ3v) is 2.98. The third-order valence-electron chi connectivity index (χ3n) is 2.35. The molecular formula is C14H12O4S. The number of benzene rings is 2. The van der Waals surface area contributed by atoms with Crippen molar-refractivity contribution in [1.29, 1.82) is 0 Å². The second-order valence-corrected chi connectivity index (χ2v) is 4.60. The van der Waals surface area contributed by atoms with Crippen LogP contribution in [0, 0.1) is 0 Å². The van der Waals surface area contributed by atoms with Gasteiger partial charge < -0.3 is 14.0 Å². The van der Waals surface area contributed by atoms with Crippen LogP contribution in [0.4, 0.5) is 0 Å². The van der Waals surface area contributed by atoms with Gasteiger partial charge in [-0.1, -0.05) is 12.1 Å². The molecule has 0 aromatic heterocycles. The number of hydrogen-bond donors (Lipinski definition) is 1. The number of carboxylic acid groups (broad SMARTS) is 1. The number of carbonyl (C=O) groups is 1. The number of rotatable bonds is 5. The van der Waals surface area contributed by atoms with Gasteiger partial charge in [0.1, 0.15) is 17.1 Å². The lowest BCUT2D eigenvalue weighted by atomic mass is 10.2. The van der Waals surface area contributed by atoms with Gasteiger partial charge in [-0.25, -0.2) is 4.79 Å². The van der Waals surface area contributed by atoms with Crippen molar-refractivity contribution in [2.75, 3.05) is 7.11 Å². The first kappa shape index (κ1) is 13.5. The lowest BCUT2D eigenvalue weighted by molar-refractivity contribution is 0.0694. The van der Waals surface area contributed by atoms with Crippen LogP contribution in [0.3, 0.4) is 0 Å². The largest absolute Gasteiger partial charge is 0.478 e. The fourth-order valence-electron chi connectivity index (χ4n) is 1.52. The molecule has 2 rings (SSSR count). The number of ether oxygens (including phenoxy) is 1. The molecule has 0 heterocycles. The van der Waals surface area contributed by atoms with E-state index in [1.807, 2.05) is 12.1 Å². The quantitative estimate of drug-likeness (QED) is 0.841. The molecule has 0 radical (unpaired) electrons. The first-order valence-electron chi connectivity index (χ1n) is 5.51. The number of para-hydroxylation sites is 1. The standard InChI is InChI=1S/C14H12O4S/c1-17-19-11-8-6-10(7-9-11)18-13-5-3-2-4-12(13)14(15)16/h2-9H,1H3,(H,15,16). The van der Waals surface area contributed by atoms with Gasteiger partial charge >= 0.3 is 5.97 Å². The van der Waals surface area contributed by atoms with Gasteiger partial charge in [0, 0.05) is 16.9 Å². The van der Waals surface area contributed by atoms with E-state index in [2.05, 4.69) is 0 Å². The molecule has 0 saturated carbocycles. The van der Waals surface area contributed by atoms with Crippen molar-refractivity contribution in [1.82, 2.24) is 0 Å². The number of aromatic carboxylic acids is 1. The summed E-state index contributed by atoms with van der Waals surface area (Å²) in [6.45, 7) is 0. The van der Waals surface area contributed by atoms with E-state index in [0.717, 1.165) is 4.90 Å². The van der Waals surface area contributed by atoms with Crippen LogP contribution in [-0.4, -0.2) is 18.2 Å². The maximum Gasteiger partial charge on any atom is 0.339 e. The zero-order valence-electron chi connectivity index (χ0n) is 10.2. The summed E-state index contributed by atoms with van der Waals surface area (Å²) in [5.41, 5.74) is 0.137. The molecule has 2 aromatic rings. The summed E-state index contributed by atoms with van der Waals surface area (Å²) in [5.74, 6) is -0.113. The summed E-state index contributed by atoms with van der Waals surface area (Å²) in [4.78, 5) is 12.0. The fraction of sp³-hybridized carbons (Fsp3) is 0.0714. The van der Waals surface area contributed by atoms with E-state index in [9.17, 15) is 4.79 Å². The Morgan fingerprint density at radius 3 is 2.42 bits per heavy atom. The lowest BCUT2D eigenvalue weighted by Crippen LogP contribution is -1.99. The van der Waals surface area contributed by atoms with Gasteiger partial charge in [-0.3, -0.25) is 0 Å². The number of hydrogen-bond acceptors (Lipinski definition) is 4. The fourth-order valence-corrected chi connectivity index (χ4v) is 1.96. The van der Waals surface area contributed by atoms with Crippen LogP contribution in [0.5, 0.6) is 11.5 Å². The van der Waals surface area contributed by atoms with Crippen LogP contribution in [0.25, 0.3) is 0 Å². The molecule has 0 unspecified atom stereocenters. The van der Waals surface area contributed by atoms with Gasteiger partial charge in [0.2, 0.25) is 0 Å².